The van der Waals surface area contributed by atoms with Crippen molar-refractivity contribution < 1.29 is 5.11 Å². The van der Waals surface area contributed by atoms with Crippen LogP contribution in [-0.4, -0.2) is 29.8 Å². The van der Waals surface area contributed by atoms with Crippen LogP contribution in [0.4, 0.5) is 0 Å². The molecule has 0 amide bonds. The first-order chi connectivity index (χ1) is 4.66. The highest BCUT2D eigenvalue weighted by Gasteiger charge is 2.22. The molecular weight excluding hydrogens is 128 g/mol. The van der Waals surface area contributed by atoms with E-state index in [1.807, 2.05) is 19.0 Å². The van der Waals surface area contributed by atoms with E-state index in [-0.39, 0.29) is 6.73 Å². The highest BCUT2D eigenvalue weighted by Crippen LogP contribution is 2.18. The van der Waals surface area contributed by atoms with Gasteiger partial charge in [0.1, 0.15) is 0 Å². The van der Waals surface area contributed by atoms with Gasteiger partial charge in [0.25, 0.3) is 0 Å². The molecule has 3 heteroatoms. The van der Waals surface area contributed by atoms with Gasteiger partial charge in [-0.25, -0.2) is 10.1 Å². The minimum Gasteiger partial charge on any atom is -0.282 e. The molecule has 1 aliphatic rings. The van der Waals surface area contributed by atoms with Crippen molar-refractivity contribution >= 4 is 0 Å². The van der Waals surface area contributed by atoms with E-state index in [1.54, 1.807) is 5.01 Å². The van der Waals surface area contributed by atoms with Gasteiger partial charge in [-0.1, -0.05) is 0 Å². The van der Waals surface area contributed by atoms with Crippen molar-refractivity contribution in [2.24, 2.45) is 0 Å². The fourth-order valence-electron chi connectivity index (χ4n) is 1.20. The van der Waals surface area contributed by atoms with Crippen LogP contribution in [0.25, 0.3) is 0 Å². The van der Waals surface area contributed by atoms with Crippen LogP contribution in [0.3, 0.4) is 0 Å². The van der Waals surface area contributed by atoms with Crippen LogP contribution in [-0.2, 0) is 5.11 Å². The summed E-state index contributed by atoms with van der Waals surface area (Å²) in [5, 5.41) is 14.2. The van der Waals surface area contributed by atoms with E-state index < -0.39 is 0 Å². The number of rotatable bonds is 1. The predicted octanol–water partition coefficient (Wildman–Crippen LogP) is 0.829. The molecule has 0 fully saturated rings. The first-order valence-corrected chi connectivity index (χ1v) is 3.43. The lowest BCUT2D eigenvalue weighted by Gasteiger charge is -2.27. The first kappa shape index (κ1) is 7.57. The maximum absolute atomic E-state index is 10.5. The number of nitrogens with zero attached hydrogens (tertiary/aromatic N) is 2. The van der Waals surface area contributed by atoms with Gasteiger partial charge in [-0.3, -0.25) is 5.01 Å². The van der Waals surface area contributed by atoms with E-state index in [0.29, 0.717) is 6.04 Å². The van der Waals surface area contributed by atoms with Crippen molar-refractivity contribution in [3.63, 3.8) is 0 Å². The maximum Gasteiger partial charge on any atom is 0.168 e. The minimum atomic E-state index is -0.177. The first-order valence-electron chi connectivity index (χ1n) is 3.43. The summed E-state index contributed by atoms with van der Waals surface area (Å²) >= 11 is 0. The summed E-state index contributed by atoms with van der Waals surface area (Å²) in [5.41, 5.74) is 1.06. The molecular formula is C7H13N2O. The van der Waals surface area contributed by atoms with Crippen LogP contribution in [0.1, 0.15) is 13.8 Å². The fourth-order valence-corrected chi connectivity index (χ4v) is 1.20. The summed E-state index contributed by atoms with van der Waals surface area (Å²) < 4.78 is 0. The molecule has 3 nitrogen and oxygen atoms in total. The summed E-state index contributed by atoms with van der Waals surface area (Å²) in [5.74, 6) is 0. The second-order valence-electron chi connectivity index (χ2n) is 2.65. The van der Waals surface area contributed by atoms with Crippen LogP contribution in [0.5, 0.6) is 0 Å². The van der Waals surface area contributed by atoms with Gasteiger partial charge >= 0.3 is 0 Å². The molecule has 0 aromatic rings. The van der Waals surface area contributed by atoms with Crippen LogP contribution in [0.15, 0.2) is 11.8 Å². The molecule has 1 unspecified atom stereocenters. The maximum atomic E-state index is 10.5. The molecule has 0 aromatic carbocycles. The molecule has 57 valence electrons. The molecule has 10 heavy (non-hydrogen) atoms. The predicted molar refractivity (Wildman–Crippen MR) is 38.4 cm³/mol. The summed E-state index contributed by atoms with van der Waals surface area (Å²) in [6.07, 6.45) is 2.08. The third-order valence-corrected chi connectivity index (χ3v) is 1.98. The third kappa shape index (κ3) is 1.02. The van der Waals surface area contributed by atoms with Crippen molar-refractivity contribution in [3.05, 3.63) is 11.8 Å². The zero-order chi connectivity index (χ0) is 7.72. The fraction of sp³-hybridized carbons (Fsp3) is 0.714. The van der Waals surface area contributed by atoms with Crippen molar-refractivity contribution in [1.29, 1.82) is 0 Å². The monoisotopic (exact) mass is 141 g/mol. The highest BCUT2D eigenvalue weighted by molar-refractivity contribution is 5.07. The zero-order valence-corrected chi connectivity index (χ0v) is 6.66. The Kier molecular flexibility index (Phi) is 1.97. The Morgan fingerprint density at radius 2 is 2.30 bits per heavy atom. The molecule has 1 heterocycles. The van der Waals surface area contributed by atoms with Crippen LogP contribution in [0, 0.1) is 0 Å². The summed E-state index contributed by atoms with van der Waals surface area (Å²) in [6, 6.07) is 0.369. The van der Waals surface area contributed by atoms with E-state index in [0.717, 1.165) is 5.70 Å². The molecule has 0 aliphatic carbocycles. The Morgan fingerprint density at radius 3 is 2.50 bits per heavy atom. The number of likely N-dealkylation sites (N-methyl/N-ethyl adjacent to an activating group) is 1. The Hall–Kier alpha value is -0.540. The number of hydrogen-bond donors (Lipinski definition) is 0. The Morgan fingerprint density at radius 1 is 1.70 bits per heavy atom. The Balaban J connectivity index is 2.68. The van der Waals surface area contributed by atoms with Crippen molar-refractivity contribution in [1.82, 2.24) is 10.0 Å². The summed E-state index contributed by atoms with van der Waals surface area (Å²) in [7, 11) is 1.93. The third-order valence-electron chi connectivity index (χ3n) is 1.98. The van der Waals surface area contributed by atoms with Gasteiger partial charge in [-0.15, -0.1) is 0 Å². The largest absolute Gasteiger partial charge is 0.282 e. The molecule has 0 aromatic heterocycles. The number of hydrogen-bond acceptors (Lipinski definition) is 2. The van der Waals surface area contributed by atoms with Gasteiger partial charge in [-0.2, -0.15) is 0 Å². The standard InChI is InChI=1S/C7H13N2O/c1-6-4-7(2)9(5-10)8(6)3/h4,6H,5H2,1-3H3. The smallest absolute Gasteiger partial charge is 0.168 e. The topological polar surface area (TPSA) is 26.4 Å². The average molecular weight is 141 g/mol. The molecule has 1 radical (unpaired) electrons. The molecule has 0 spiro atoms. The molecule has 0 saturated carbocycles. The lowest BCUT2D eigenvalue weighted by molar-refractivity contribution is -0.0559. The normalized spacial score (nSPS) is 27.4. The lowest BCUT2D eigenvalue weighted by Crippen LogP contribution is -2.37. The molecule has 0 N–H and O–H groups in total. The lowest BCUT2D eigenvalue weighted by atomic mass is 10.3. The number of allylic oxidation sites excluding steroid dienone is 1. The van der Waals surface area contributed by atoms with Gasteiger partial charge < -0.3 is 0 Å². The van der Waals surface area contributed by atoms with E-state index in [4.69, 9.17) is 0 Å². The van der Waals surface area contributed by atoms with Gasteiger partial charge in [0, 0.05) is 18.8 Å². The van der Waals surface area contributed by atoms with Crippen LogP contribution < -0.4 is 0 Å². The van der Waals surface area contributed by atoms with E-state index in [2.05, 4.69) is 13.0 Å². The molecule has 1 rings (SSSR count). The molecule has 0 bridgehead atoms. The van der Waals surface area contributed by atoms with E-state index in [1.165, 1.54) is 0 Å². The molecule has 1 aliphatic heterocycles. The van der Waals surface area contributed by atoms with Crippen molar-refractivity contribution in [2.75, 3.05) is 13.8 Å². The quantitative estimate of drug-likeness (QED) is 0.540. The van der Waals surface area contributed by atoms with Crippen molar-refractivity contribution in [2.45, 2.75) is 19.9 Å². The van der Waals surface area contributed by atoms with Crippen molar-refractivity contribution in [3.8, 4) is 0 Å². The van der Waals surface area contributed by atoms with Gasteiger partial charge in [0.05, 0.1) is 0 Å². The zero-order valence-electron chi connectivity index (χ0n) is 6.66. The van der Waals surface area contributed by atoms with Crippen LogP contribution >= 0.6 is 0 Å². The minimum absolute atomic E-state index is 0.177. The average Bonchev–Trinajstić information content (AvgIpc) is 2.09. The Labute approximate surface area is 61.5 Å². The summed E-state index contributed by atoms with van der Waals surface area (Å²) in [6.45, 7) is 3.85. The SMILES string of the molecule is CC1=CC(C)N(C)N1C[O]. The van der Waals surface area contributed by atoms with E-state index >= 15 is 0 Å². The second kappa shape index (κ2) is 2.60. The van der Waals surface area contributed by atoms with Crippen LogP contribution in [0.2, 0.25) is 0 Å². The van der Waals surface area contributed by atoms with Gasteiger partial charge in [0.15, 0.2) is 6.73 Å². The second-order valence-corrected chi connectivity index (χ2v) is 2.65. The number of hydrazine groups is 1. The molecule has 0 saturated heterocycles. The van der Waals surface area contributed by atoms with E-state index in [9.17, 15) is 5.11 Å². The van der Waals surface area contributed by atoms with Gasteiger partial charge in [0.2, 0.25) is 0 Å². The highest BCUT2D eigenvalue weighted by atomic mass is 16.3. The summed E-state index contributed by atoms with van der Waals surface area (Å²) in [4.78, 5) is 0. The van der Waals surface area contributed by atoms with Gasteiger partial charge in [-0.05, 0) is 19.9 Å². The Bertz CT molecular complexity index is 156. The molecule has 1 atom stereocenters.